The lowest BCUT2D eigenvalue weighted by atomic mass is 9.96. The zero-order valence-electron chi connectivity index (χ0n) is 26.3. The van der Waals surface area contributed by atoms with E-state index < -0.39 is 0 Å². The van der Waals surface area contributed by atoms with Crippen molar-refractivity contribution in [1.82, 2.24) is 29.9 Å². The minimum Gasteiger partial charge on any atom is -0.453 e. The molecule has 0 radical (unpaired) electrons. The van der Waals surface area contributed by atoms with Gasteiger partial charge in [0.05, 0.1) is 34.1 Å². The van der Waals surface area contributed by atoms with Crippen molar-refractivity contribution < 1.29 is 9.47 Å². The maximum Gasteiger partial charge on any atom is 0.162 e. The third kappa shape index (κ3) is 4.43. The molecule has 0 atom stereocenters. The topological polar surface area (TPSA) is 102 Å². The third-order valence-corrected chi connectivity index (χ3v) is 8.88. The minimum atomic E-state index is 0.549. The smallest absolute Gasteiger partial charge is 0.162 e. The van der Waals surface area contributed by atoms with Gasteiger partial charge >= 0.3 is 0 Å². The quantitative estimate of drug-likeness (QED) is 0.183. The number of anilines is 6. The van der Waals surface area contributed by atoms with Crippen LogP contribution in [0.2, 0.25) is 0 Å². The van der Waals surface area contributed by atoms with Crippen LogP contribution in [0.1, 0.15) is 0 Å². The second-order valence-electron chi connectivity index (χ2n) is 11.8. The molecule has 0 unspecified atom stereocenters. The standard InChI is InChI=1S/C40H24N8O2/c1-5-13-35-29(9-1)47(30-10-2-6-14-36(30)49-35)33-19-25(39-43-21-41-22-44-39)18-28-27(33)17-26(40-45-23-42-24-46-40)20-34(28)48-31-11-3-7-15-37(31)50-38-16-8-4-12-32(38)48/h1-24H. The van der Waals surface area contributed by atoms with Crippen LogP contribution >= 0.6 is 0 Å². The molecule has 236 valence electrons. The van der Waals surface area contributed by atoms with E-state index in [1.807, 2.05) is 72.8 Å². The predicted octanol–water partition coefficient (Wildman–Crippen LogP) is 9.69. The van der Waals surface area contributed by atoms with Gasteiger partial charge in [-0.2, -0.15) is 0 Å². The Morgan fingerprint density at radius 3 is 1.02 bits per heavy atom. The Bertz CT molecular complexity index is 2310. The van der Waals surface area contributed by atoms with Crippen molar-refractivity contribution in [2.45, 2.75) is 0 Å². The van der Waals surface area contributed by atoms with E-state index in [0.717, 1.165) is 79.0 Å². The molecule has 0 saturated heterocycles. The summed E-state index contributed by atoms with van der Waals surface area (Å²) in [4.78, 5) is 31.0. The summed E-state index contributed by atoms with van der Waals surface area (Å²) < 4.78 is 12.8. The van der Waals surface area contributed by atoms with Gasteiger partial charge in [0.25, 0.3) is 0 Å². The van der Waals surface area contributed by atoms with Crippen LogP contribution in [0.25, 0.3) is 33.5 Å². The molecule has 6 aromatic carbocycles. The Labute approximate surface area is 286 Å². The molecule has 10 heteroatoms. The first kappa shape index (κ1) is 27.9. The number of hydrogen-bond donors (Lipinski definition) is 0. The summed E-state index contributed by atoms with van der Waals surface area (Å²) in [7, 11) is 0. The van der Waals surface area contributed by atoms with Gasteiger partial charge < -0.3 is 19.3 Å². The molecule has 2 aliphatic heterocycles. The van der Waals surface area contributed by atoms with E-state index in [4.69, 9.17) is 9.47 Å². The van der Waals surface area contributed by atoms with Gasteiger partial charge in [0, 0.05) is 21.9 Å². The maximum absolute atomic E-state index is 6.42. The van der Waals surface area contributed by atoms with E-state index >= 15 is 0 Å². The Morgan fingerprint density at radius 2 is 0.680 bits per heavy atom. The van der Waals surface area contributed by atoms with Gasteiger partial charge in [0.15, 0.2) is 34.6 Å². The summed E-state index contributed by atoms with van der Waals surface area (Å²) >= 11 is 0. The molecule has 0 N–H and O–H groups in total. The first-order valence-electron chi connectivity index (χ1n) is 16.0. The second kappa shape index (κ2) is 11.2. The molecule has 0 spiro atoms. The number of para-hydroxylation sites is 8. The van der Waals surface area contributed by atoms with E-state index in [-0.39, 0.29) is 0 Å². The molecule has 50 heavy (non-hydrogen) atoms. The van der Waals surface area contributed by atoms with Crippen molar-refractivity contribution >= 4 is 44.9 Å². The van der Waals surface area contributed by atoms with Crippen LogP contribution in [0.4, 0.5) is 34.1 Å². The Hall–Kier alpha value is -7.20. The van der Waals surface area contributed by atoms with E-state index in [0.29, 0.717) is 11.6 Å². The molecule has 0 amide bonds. The molecule has 8 aromatic rings. The first-order valence-corrected chi connectivity index (χ1v) is 16.0. The van der Waals surface area contributed by atoms with Crippen LogP contribution in [0.3, 0.4) is 0 Å². The lowest BCUT2D eigenvalue weighted by Crippen LogP contribution is -2.18. The molecule has 0 aliphatic carbocycles. The third-order valence-electron chi connectivity index (χ3n) is 8.88. The highest BCUT2D eigenvalue weighted by Crippen LogP contribution is 2.56. The average Bonchev–Trinajstić information content (AvgIpc) is 3.19. The van der Waals surface area contributed by atoms with Crippen molar-refractivity contribution in [2.24, 2.45) is 0 Å². The maximum atomic E-state index is 6.42. The normalized spacial score (nSPS) is 12.6. The number of benzene rings is 6. The van der Waals surface area contributed by atoms with Gasteiger partial charge in [-0.3, -0.25) is 0 Å². The molecule has 2 aliphatic rings. The summed E-state index contributed by atoms with van der Waals surface area (Å²) in [5.41, 5.74) is 7.02. The highest BCUT2D eigenvalue weighted by molar-refractivity contribution is 6.12. The number of rotatable bonds is 4. The Morgan fingerprint density at radius 1 is 0.360 bits per heavy atom. The molecular weight excluding hydrogens is 624 g/mol. The molecule has 0 fully saturated rings. The zero-order chi connectivity index (χ0) is 33.0. The highest BCUT2D eigenvalue weighted by Gasteiger charge is 2.31. The minimum absolute atomic E-state index is 0.549. The van der Waals surface area contributed by atoms with Gasteiger partial charge in [-0.15, -0.1) is 0 Å². The number of hydrogen-bond acceptors (Lipinski definition) is 10. The van der Waals surface area contributed by atoms with Gasteiger partial charge in [0.1, 0.15) is 25.3 Å². The fraction of sp³-hybridized carbons (Fsp3) is 0. The summed E-state index contributed by atoms with van der Waals surface area (Å²) in [6.45, 7) is 0. The van der Waals surface area contributed by atoms with E-state index in [9.17, 15) is 0 Å². The molecule has 10 nitrogen and oxygen atoms in total. The summed E-state index contributed by atoms with van der Waals surface area (Å²) in [6, 6.07) is 40.7. The fourth-order valence-electron chi connectivity index (χ4n) is 6.76. The molecule has 0 saturated carbocycles. The van der Waals surface area contributed by atoms with Gasteiger partial charge in [-0.1, -0.05) is 48.5 Å². The molecule has 4 heterocycles. The van der Waals surface area contributed by atoms with Crippen LogP contribution in [-0.2, 0) is 0 Å². The van der Waals surface area contributed by atoms with Crippen LogP contribution < -0.4 is 19.3 Å². The second-order valence-corrected chi connectivity index (χ2v) is 11.8. The summed E-state index contributed by atoms with van der Waals surface area (Å²) in [5, 5.41) is 1.90. The van der Waals surface area contributed by atoms with Crippen LogP contribution in [0, 0.1) is 0 Å². The van der Waals surface area contributed by atoms with E-state index in [2.05, 4.69) is 88.2 Å². The lowest BCUT2D eigenvalue weighted by Gasteiger charge is -2.36. The van der Waals surface area contributed by atoms with Crippen LogP contribution in [-0.4, -0.2) is 29.9 Å². The number of aromatic nitrogens is 6. The van der Waals surface area contributed by atoms with Crippen molar-refractivity contribution in [3.8, 4) is 45.8 Å². The monoisotopic (exact) mass is 648 g/mol. The lowest BCUT2D eigenvalue weighted by molar-refractivity contribution is 0.477. The van der Waals surface area contributed by atoms with Crippen LogP contribution in [0.5, 0.6) is 23.0 Å². The van der Waals surface area contributed by atoms with Gasteiger partial charge in [-0.25, -0.2) is 29.9 Å². The van der Waals surface area contributed by atoms with Gasteiger partial charge in [-0.05, 0) is 72.8 Å². The van der Waals surface area contributed by atoms with E-state index in [1.54, 1.807) is 0 Å². The average molecular weight is 649 g/mol. The largest absolute Gasteiger partial charge is 0.453 e. The number of fused-ring (bicyclic) bond motifs is 5. The van der Waals surface area contributed by atoms with Crippen molar-refractivity contribution in [1.29, 1.82) is 0 Å². The first-order chi connectivity index (χ1) is 24.8. The zero-order valence-corrected chi connectivity index (χ0v) is 26.3. The highest BCUT2D eigenvalue weighted by atomic mass is 16.5. The van der Waals surface area contributed by atoms with Crippen molar-refractivity contribution in [3.05, 3.63) is 147 Å². The summed E-state index contributed by atoms with van der Waals surface area (Å²) in [5.74, 6) is 4.08. The number of ether oxygens (including phenoxy) is 2. The summed E-state index contributed by atoms with van der Waals surface area (Å²) in [6.07, 6.45) is 6.07. The Balaban J connectivity index is 1.36. The number of nitrogens with zero attached hydrogens (tertiary/aromatic N) is 8. The van der Waals surface area contributed by atoms with Crippen molar-refractivity contribution in [3.63, 3.8) is 0 Å². The van der Waals surface area contributed by atoms with Gasteiger partial charge in [0.2, 0.25) is 0 Å². The van der Waals surface area contributed by atoms with Crippen molar-refractivity contribution in [2.75, 3.05) is 9.80 Å². The molecule has 2 aromatic heterocycles. The predicted molar refractivity (Wildman–Crippen MR) is 191 cm³/mol. The molecule has 10 rings (SSSR count). The Kier molecular flexibility index (Phi) is 6.25. The van der Waals surface area contributed by atoms with E-state index in [1.165, 1.54) is 25.3 Å². The van der Waals surface area contributed by atoms with Crippen LogP contribution in [0.15, 0.2) is 147 Å². The molecule has 0 bridgehead atoms. The fourth-order valence-corrected chi connectivity index (χ4v) is 6.76. The molecular formula is C40H24N8O2. The SMILES string of the molecule is c1ccc2c(c1)Oc1ccccc1N2c1cc(-c2ncncn2)cc2c(N3c4ccccc4Oc4ccccc43)cc(-c3ncncn3)cc12.